The molecule has 3 N–H and O–H groups in total. The molecule has 1 aromatic carbocycles. The zero-order valence-electron chi connectivity index (χ0n) is 13.2. The van der Waals surface area contributed by atoms with E-state index in [2.05, 4.69) is 15.3 Å². The third-order valence-electron chi connectivity index (χ3n) is 3.57. The van der Waals surface area contributed by atoms with Gasteiger partial charge in [0.25, 0.3) is 0 Å². The lowest BCUT2D eigenvalue weighted by Gasteiger charge is -2.07. The lowest BCUT2D eigenvalue weighted by Crippen LogP contribution is -2.13. The highest BCUT2D eigenvalue weighted by Crippen LogP contribution is 2.30. The molecule has 0 atom stereocenters. The van der Waals surface area contributed by atoms with E-state index in [1.54, 1.807) is 24.3 Å². The highest BCUT2D eigenvalue weighted by Gasteiger charge is 2.29. The van der Waals surface area contributed by atoms with Crippen LogP contribution in [0.2, 0.25) is 0 Å². The molecule has 1 saturated carbocycles. The number of anilines is 2. The summed E-state index contributed by atoms with van der Waals surface area (Å²) in [6.45, 7) is 0. The van der Waals surface area contributed by atoms with Crippen molar-refractivity contribution in [3.05, 3.63) is 36.0 Å². The number of nitrogens with one attached hydrogen (secondary N) is 1. The molecule has 3 rings (SSSR count). The van der Waals surface area contributed by atoms with Crippen LogP contribution in [0.1, 0.15) is 18.5 Å². The van der Waals surface area contributed by atoms with E-state index in [0.29, 0.717) is 22.8 Å². The monoisotopic (exact) mass is 346 g/mol. The summed E-state index contributed by atoms with van der Waals surface area (Å²) < 4.78 is 22.9. The average Bonchev–Trinajstić information content (AvgIpc) is 3.30. The van der Waals surface area contributed by atoms with Gasteiger partial charge in [-0.2, -0.15) is 0 Å². The van der Waals surface area contributed by atoms with Crippen molar-refractivity contribution in [2.75, 3.05) is 17.3 Å². The van der Waals surface area contributed by atoms with Gasteiger partial charge in [0.1, 0.15) is 5.82 Å². The minimum absolute atomic E-state index is 0.0402. The van der Waals surface area contributed by atoms with E-state index >= 15 is 0 Å². The normalized spacial score (nSPS) is 14.4. The fraction of sp³-hybridized carbons (Fsp3) is 0.312. The zero-order valence-corrected chi connectivity index (χ0v) is 14.0. The molecule has 0 spiro atoms. The first-order chi connectivity index (χ1) is 11.3. The molecule has 1 aliphatic rings. The van der Waals surface area contributed by atoms with E-state index in [9.17, 15) is 13.2 Å². The van der Waals surface area contributed by atoms with Gasteiger partial charge in [0, 0.05) is 29.5 Å². The molecule has 0 saturated heterocycles. The number of hydrogen-bond acceptors (Lipinski definition) is 6. The number of sulfone groups is 1. The van der Waals surface area contributed by atoms with Gasteiger partial charge in [-0.25, -0.2) is 18.4 Å². The summed E-state index contributed by atoms with van der Waals surface area (Å²) in [4.78, 5) is 20.2. The third kappa shape index (κ3) is 4.29. The van der Waals surface area contributed by atoms with Crippen molar-refractivity contribution in [1.29, 1.82) is 0 Å². The second kappa shape index (κ2) is 6.20. The van der Waals surface area contributed by atoms with Gasteiger partial charge in [0.15, 0.2) is 15.7 Å². The Bertz CT molecular complexity index is 875. The van der Waals surface area contributed by atoms with Gasteiger partial charge in [-0.3, -0.25) is 4.79 Å². The number of benzene rings is 1. The number of rotatable bonds is 5. The lowest BCUT2D eigenvalue weighted by molar-refractivity contribution is -0.117. The van der Waals surface area contributed by atoms with Crippen molar-refractivity contribution in [3.8, 4) is 11.4 Å². The molecule has 8 heteroatoms. The molecular weight excluding hydrogens is 328 g/mol. The molecule has 7 nitrogen and oxygen atoms in total. The number of aromatic nitrogens is 2. The Morgan fingerprint density at radius 2 is 1.92 bits per heavy atom. The van der Waals surface area contributed by atoms with Gasteiger partial charge in [-0.05, 0) is 37.1 Å². The molecule has 0 bridgehead atoms. The number of nitrogens with two attached hydrogens (primary N) is 1. The van der Waals surface area contributed by atoms with Crippen molar-refractivity contribution < 1.29 is 13.2 Å². The van der Waals surface area contributed by atoms with Gasteiger partial charge >= 0.3 is 0 Å². The molecule has 0 aliphatic heterocycles. The summed E-state index contributed by atoms with van der Waals surface area (Å²) >= 11 is 0. The molecule has 1 heterocycles. The second-order valence-electron chi connectivity index (χ2n) is 6.02. The molecule has 0 radical (unpaired) electrons. The minimum atomic E-state index is -3.21. The van der Waals surface area contributed by atoms with Crippen molar-refractivity contribution >= 4 is 27.2 Å². The van der Waals surface area contributed by atoms with Crippen LogP contribution in [-0.2, 0) is 20.4 Å². The standard InChI is InChI=1S/C16H18N4O3S/c1-24(22,23)9-13-8-14(17)20-15(18-13)10-4-6-12(7-5-10)19-16(21)11-2-3-11/h4-8,11H,2-3,9H2,1H3,(H,19,21)(H2,17,18,20). The molecule has 24 heavy (non-hydrogen) atoms. The maximum absolute atomic E-state index is 11.7. The molecule has 1 aromatic heterocycles. The van der Waals surface area contributed by atoms with Crippen molar-refractivity contribution in [2.45, 2.75) is 18.6 Å². The van der Waals surface area contributed by atoms with Crippen LogP contribution in [0.15, 0.2) is 30.3 Å². The van der Waals surface area contributed by atoms with Gasteiger partial charge in [0.05, 0.1) is 11.4 Å². The van der Waals surface area contributed by atoms with E-state index in [4.69, 9.17) is 5.73 Å². The summed E-state index contributed by atoms with van der Waals surface area (Å²) in [5.41, 5.74) is 7.50. The van der Waals surface area contributed by atoms with Crippen LogP contribution in [0.25, 0.3) is 11.4 Å². The molecule has 0 unspecified atom stereocenters. The van der Waals surface area contributed by atoms with Crippen LogP contribution in [0.5, 0.6) is 0 Å². The van der Waals surface area contributed by atoms with Gasteiger partial charge in [-0.15, -0.1) is 0 Å². The quantitative estimate of drug-likeness (QED) is 0.850. The number of hydrogen-bond donors (Lipinski definition) is 2. The Kier molecular flexibility index (Phi) is 4.23. The van der Waals surface area contributed by atoms with Crippen LogP contribution in [0, 0.1) is 5.92 Å². The van der Waals surface area contributed by atoms with E-state index < -0.39 is 9.84 Å². The Morgan fingerprint density at radius 1 is 1.25 bits per heavy atom. The first kappa shape index (κ1) is 16.4. The van der Waals surface area contributed by atoms with Crippen LogP contribution in [0.4, 0.5) is 11.5 Å². The highest BCUT2D eigenvalue weighted by atomic mass is 32.2. The SMILES string of the molecule is CS(=O)(=O)Cc1cc(N)nc(-c2ccc(NC(=O)C3CC3)cc2)n1. The lowest BCUT2D eigenvalue weighted by atomic mass is 10.2. The topological polar surface area (TPSA) is 115 Å². The number of amides is 1. The maximum Gasteiger partial charge on any atom is 0.227 e. The molecule has 1 fully saturated rings. The molecule has 126 valence electrons. The van der Waals surface area contributed by atoms with Crippen LogP contribution in [0.3, 0.4) is 0 Å². The van der Waals surface area contributed by atoms with Crippen LogP contribution >= 0.6 is 0 Å². The predicted octanol–water partition coefficient (Wildman–Crippen LogP) is 1.62. The van der Waals surface area contributed by atoms with Crippen molar-refractivity contribution in [1.82, 2.24) is 9.97 Å². The number of carbonyl (C=O) groups excluding carboxylic acids is 1. The fourth-order valence-electron chi connectivity index (χ4n) is 2.28. The Labute approximate surface area is 140 Å². The minimum Gasteiger partial charge on any atom is -0.384 e. The predicted molar refractivity (Wildman–Crippen MR) is 91.8 cm³/mol. The van der Waals surface area contributed by atoms with E-state index in [-0.39, 0.29) is 23.4 Å². The van der Waals surface area contributed by atoms with Crippen LogP contribution < -0.4 is 11.1 Å². The van der Waals surface area contributed by atoms with Gasteiger partial charge in [0.2, 0.25) is 5.91 Å². The molecule has 1 aliphatic carbocycles. The van der Waals surface area contributed by atoms with Crippen molar-refractivity contribution in [2.24, 2.45) is 5.92 Å². The Morgan fingerprint density at radius 3 is 2.50 bits per heavy atom. The summed E-state index contributed by atoms with van der Waals surface area (Å²) in [5.74, 6) is 0.555. The van der Waals surface area contributed by atoms with E-state index in [1.165, 1.54) is 6.07 Å². The van der Waals surface area contributed by atoms with Crippen LogP contribution in [-0.4, -0.2) is 30.5 Å². The van der Waals surface area contributed by atoms with E-state index in [1.807, 2.05) is 0 Å². The van der Waals surface area contributed by atoms with Gasteiger partial charge in [-0.1, -0.05) is 0 Å². The maximum atomic E-state index is 11.7. The third-order valence-corrected chi connectivity index (χ3v) is 4.39. The largest absolute Gasteiger partial charge is 0.384 e. The number of nitrogen functional groups attached to an aromatic ring is 1. The molecular formula is C16H18N4O3S. The Hall–Kier alpha value is -2.48. The van der Waals surface area contributed by atoms with Crippen molar-refractivity contribution in [3.63, 3.8) is 0 Å². The highest BCUT2D eigenvalue weighted by molar-refractivity contribution is 7.89. The van der Waals surface area contributed by atoms with Gasteiger partial charge < -0.3 is 11.1 Å². The first-order valence-electron chi connectivity index (χ1n) is 7.52. The smallest absolute Gasteiger partial charge is 0.227 e. The molecule has 1 amide bonds. The zero-order chi connectivity index (χ0) is 17.3. The fourth-order valence-corrected chi connectivity index (χ4v) is 2.97. The summed E-state index contributed by atoms with van der Waals surface area (Å²) in [6.07, 6.45) is 3.04. The Balaban J connectivity index is 1.81. The first-order valence-corrected chi connectivity index (χ1v) is 9.59. The summed E-state index contributed by atoms with van der Waals surface area (Å²) in [7, 11) is -3.21. The average molecular weight is 346 g/mol. The summed E-state index contributed by atoms with van der Waals surface area (Å²) in [5, 5.41) is 2.85. The summed E-state index contributed by atoms with van der Waals surface area (Å²) in [6, 6.07) is 8.51. The number of carbonyl (C=O) groups is 1. The van der Waals surface area contributed by atoms with E-state index in [0.717, 1.165) is 19.1 Å². The second-order valence-corrected chi connectivity index (χ2v) is 8.16. The molecule has 2 aromatic rings. The number of nitrogens with zero attached hydrogens (tertiary/aromatic N) is 2.